The normalized spacial score (nSPS) is 10.8. The van der Waals surface area contributed by atoms with Crippen molar-refractivity contribution in [1.82, 2.24) is 4.90 Å². The first-order chi connectivity index (χ1) is 8.47. The van der Waals surface area contributed by atoms with Gasteiger partial charge in [-0.25, -0.2) is 0 Å². The Morgan fingerprint density at radius 2 is 2.06 bits per heavy atom. The molecule has 0 unspecified atom stereocenters. The molecule has 1 aromatic carbocycles. The van der Waals surface area contributed by atoms with Gasteiger partial charge in [0.1, 0.15) is 0 Å². The van der Waals surface area contributed by atoms with Crippen LogP contribution in [0.15, 0.2) is 27.1 Å². The highest BCUT2D eigenvalue weighted by Crippen LogP contribution is 2.23. The summed E-state index contributed by atoms with van der Waals surface area (Å²) in [6.45, 7) is 4.60. The summed E-state index contributed by atoms with van der Waals surface area (Å²) in [4.78, 5) is 14.2. The highest BCUT2D eigenvalue weighted by molar-refractivity contribution is 9.11. The number of benzene rings is 1. The third kappa shape index (κ3) is 4.07. The van der Waals surface area contributed by atoms with E-state index in [1.54, 1.807) is 11.0 Å². The van der Waals surface area contributed by atoms with Gasteiger partial charge in [-0.1, -0.05) is 15.9 Å². The summed E-state index contributed by atoms with van der Waals surface area (Å²) in [5.41, 5.74) is 0.635. The maximum Gasteiger partial charge on any atom is 0.255 e. The Kier molecular flexibility index (Phi) is 6.32. The van der Waals surface area contributed by atoms with E-state index >= 15 is 0 Å². The van der Waals surface area contributed by atoms with E-state index in [0.29, 0.717) is 18.5 Å². The van der Waals surface area contributed by atoms with Crippen LogP contribution in [0, 0.1) is 0 Å². The lowest BCUT2D eigenvalue weighted by Crippen LogP contribution is -2.38. The van der Waals surface area contributed by atoms with Crippen molar-refractivity contribution in [2.45, 2.75) is 26.3 Å². The molecular formula is C13H17Br2NO2. The number of rotatable bonds is 5. The zero-order chi connectivity index (χ0) is 13.7. The predicted molar refractivity (Wildman–Crippen MR) is 79.7 cm³/mol. The van der Waals surface area contributed by atoms with Crippen LogP contribution in [0.5, 0.6) is 0 Å². The Bertz CT molecular complexity index is 421. The maximum atomic E-state index is 12.5. The molecule has 1 N–H and O–H groups in total. The van der Waals surface area contributed by atoms with Gasteiger partial charge in [0.05, 0.1) is 5.56 Å². The molecule has 1 amide bonds. The quantitative estimate of drug-likeness (QED) is 0.852. The first-order valence-electron chi connectivity index (χ1n) is 5.84. The fraction of sp³-hybridized carbons (Fsp3) is 0.462. The van der Waals surface area contributed by atoms with E-state index in [-0.39, 0.29) is 18.6 Å². The smallest absolute Gasteiger partial charge is 0.255 e. The van der Waals surface area contributed by atoms with Crippen LogP contribution in [0.25, 0.3) is 0 Å². The zero-order valence-electron chi connectivity index (χ0n) is 10.5. The molecule has 0 heterocycles. The van der Waals surface area contributed by atoms with Gasteiger partial charge in [-0.05, 0) is 54.4 Å². The third-order valence-corrected chi connectivity index (χ3v) is 3.78. The first kappa shape index (κ1) is 15.7. The molecule has 0 radical (unpaired) electrons. The standard InChI is InChI=1S/C13H17Br2NO2/c1-9(2)16(6-3-7-17)13(18)11-8-10(14)4-5-12(11)15/h4-5,8-9,17H,3,6-7H2,1-2H3. The van der Waals surface area contributed by atoms with E-state index in [2.05, 4.69) is 31.9 Å². The summed E-state index contributed by atoms with van der Waals surface area (Å²) in [7, 11) is 0. The summed E-state index contributed by atoms with van der Waals surface area (Å²) >= 11 is 6.77. The van der Waals surface area contributed by atoms with Crippen LogP contribution < -0.4 is 0 Å². The summed E-state index contributed by atoms with van der Waals surface area (Å²) in [6.07, 6.45) is 0.593. The second kappa shape index (κ2) is 7.26. The van der Waals surface area contributed by atoms with Crippen LogP contribution in [0.1, 0.15) is 30.6 Å². The van der Waals surface area contributed by atoms with Crippen molar-refractivity contribution in [3.05, 3.63) is 32.7 Å². The highest BCUT2D eigenvalue weighted by atomic mass is 79.9. The molecule has 3 nitrogen and oxygen atoms in total. The zero-order valence-corrected chi connectivity index (χ0v) is 13.7. The molecule has 0 aliphatic heterocycles. The van der Waals surface area contributed by atoms with Gasteiger partial charge in [-0.15, -0.1) is 0 Å². The predicted octanol–water partition coefficient (Wildman–Crippen LogP) is 3.44. The fourth-order valence-corrected chi connectivity index (χ4v) is 2.43. The van der Waals surface area contributed by atoms with Gasteiger partial charge in [0, 0.05) is 28.1 Å². The van der Waals surface area contributed by atoms with E-state index < -0.39 is 0 Å². The molecule has 0 aliphatic rings. The minimum atomic E-state index is -0.0216. The van der Waals surface area contributed by atoms with Gasteiger partial charge in [-0.2, -0.15) is 0 Å². The van der Waals surface area contributed by atoms with Crippen molar-refractivity contribution in [3.8, 4) is 0 Å². The third-order valence-electron chi connectivity index (χ3n) is 2.60. The number of hydrogen-bond acceptors (Lipinski definition) is 2. The van der Waals surface area contributed by atoms with Gasteiger partial charge >= 0.3 is 0 Å². The molecule has 100 valence electrons. The van der Waals surface area contributed by atoms with Crippen LogP contribution in [-0.2, 0) is 0 Å². The number of aliphatic hydroxyl groups is 1. The largest absolute Gasteiger partial charge is 0.396 e. The second-order valence-corrected chi connectivity index (χ2v) is 6.06. The van der Waals surface area contributed by atoms with Crippen molar-refractivity contribution in [2.24, 2.45) is 0 Å². The molecule has 0 fully saturated rings. The number of hydrogen-bond donors (Lipinski definition) is 1. The topological polar surface area (TPSA) is 40.5 Å². The van der Waals surface area contributed by atoms with E-state index in [1.807, 2.05) is 26.0 Å². The van der Waals surface area contributed by atoms with E-state index in [9.17, 15) is 4.79 Å². The number of carbonyl (C=O) groups excluding carboxylic acids is 1. The Labute approximate surface area is 124 Å². The van der Waals surface area contributed by atoms with Crippen LogP contribution in [-0.4, -0.2) is 35.1 Å². The lowest BCUT2D eigenvalue weighted by Gasteiger charge is -2.27. The molecule has 0 aliphatic carbocycles. The van der Waals surface area contributed by atoms with Crippen molar-refractivity contribution < 1.29 is 9.90 Å². The maximum absolute atomic E-state index is 12.5. The van der Waals surface area contributed by atoms with Crippen LogP contribution >= 0.6 is 31.9 Å². The molecule has 0 saturated carbocycles. The Morgan fingerprint density at radius 3 is 2.61 bits per heavy atom. The molecule has 0 spiro atoms. The number of nitrogens with zero attached hydrogens (tertiary/aromatic N) is 1. The molecule has 0 aromatic heterocycles. The average molecular weight is 379 g/mol. The molecule has 0 bridgehead atoms. The lowest BCUT2D eigenvalue weighted by molar-refractivity contribution is 0.0692. The monoisotopic (exact) mass is 377 g/mol. The molecule has 1 rings (SSSR count). The fourth-order valence-electron chi connectivity index (χ4n) is 1.65. The molecule has 5 heteroatoms. The summed E-state index contributed by atoms with van der Waals surface area (Å²) in [5.74, 6) is -0.0216. The molecule has 0 atom stereocenters. The van der Waals surface area contributed by atoms with E-state index in [1.165, 1.54) is 0 Å². The minimum absolute atomic E-state index is 0.0216. The summed E-state index contributed by atoms with van der Waals surface area (Å²) in [6, 6.07) is 5.65. The van der Waals surface area contributed by atoms with Gasteiger partial charge in [0.25, 0.3) is 5.91 Å². The number of amides is 1. The lowest BCUT2D eigenvalue weighted by atomic mass is 10.1. The summed E-state index contributed by atoms with van der Waals surface area (Å²) in [5, 5.41) is 8.89. The SMILES string of the molecule is CC(C)N(CCCO)C(=O)c1cc(Br)ccc1Br. The molecule has 18 heavy (non-hydrogen) atoms. The number of aliphatic hydroxyl groups excluding tert-OH is 1. The van der Waals surface area contributed by atoms with Crippen molar-refractivity contribution in [2.75, 3.05) is 13.2 Å². The highest BCUT2D eigenvalue weighted by Gasteiger charge is 2.20. The van der Waals surface area contributed by atoms with Gasteiger partial charge < -0.3 is 10.0 Å². The van der Waals surface area contributed by atoms with Crippen LogP contribution in [0.4, 0.5) is 0 Å². The number of carbonyl (C=O) groups is 1. The molecular weight excluding hydrogens is 362 g/mol. The Hall–Kier alpha value is -0.390. The van der Waals surface area contributed by atoms with Crippen molar-refractivity contribution in [1.29, 1.82) is 0 Å². The van der Waals surface area contributed by atoms with E-state index in [0.717, 1.165) is 8.95 Å². The molecule has 0 saturated heterocycles. The first-order valence-corrected chi connectivity index (χ1v) is 7.43. The van der Waals surface area contributed by atoms with E-state index in [4.69, 9.17) is 5.11 Å². The van der Waals surface area contributed by atoms with Crippen LogP contribution in [0.2, 0.25) is 0 Å². The molecule has 1 aromatic rings. The Morgan fingerprint density at radius 1 is 1.39 bits per heavy atom. The van der Waals surface area contributed by atoms with Gasteiger partial charge in [0.2, 0.25) is 0 Å². The summed E-state index contributed by atoms with van der Waals surface area (Å²) < 4.78 is 1.66. The van der Waals surface area contributed by atoms with Crippen molar-refractivity contribution in [3.63, 3.8) is 0 Å². The Balaban J connectivity index is 2.98. The minimum Gasteiger partial charge on any atom is -0.396 e. The number of halogens is 2. The second-order valence-electron chi connectivity index (χ2n) is 4.29. The average Bonchev–Trinajstić information content (AvgIpc) is 2.32. The van der Waals surface area contributed by atoms with Gasteiger partial charge in [-0.3, -0.25) is 4.79 Å². The van der Waals surface area contributed by atoms with Crippen molar-refractivity contribution >= 4 is 37.8 Å². The van der Waals surface area contributed by atoms with Crippen LogP contribution in [0.3, 0.4) is 0 Å². The van der Waals surface area contributed by atoms with Gasteiger partial charge in [0.15, 0.2) is 0 Å².